The fourth-order valence-electron chi connectivity index (χ4n) is 0. The lowest BCUT2D eigenvalue weighted by molar-refractivity contribution is 0.795. The normalized spacial score (nSPS) is 14.6. The van der Waals surface area contributed by atoms with Crippen molar-refractivity contribution >= 4 is 30.5 Å². The average molecular weight is 194 g/mol. The molecule has 0 N–H and O–H groups in total. The molecule has 0 nitrogen and oxygen atoms in total. The first-order valence-electron chi connectivity index (χ1n) is 2.34. The SMILES string of the molecule is C[P@@](Br)C(C)(C)C.[B]. The quantitative estimate of drug-likeness (QED) is 0.410. The molecule has 0 saturated carbocycles. The Morgan fingerprint density at radius 2 is 1.38 bits per heavy atom. The second-order valence-corrected chi connectivity index (χ2v) is 8.14. The van der Waals surface area contributed by atoms with Crippen molar-refractivity contribution in [2.24, 2.45) is 0 Å². The van der Waals surface area contributed by atoms with Crippen LogP contribution >= 0.6 is 22.1 Å². The van der Waals surface area contributed by atoms with Crippen molar-refractivity contribution in [2.75, 3.05) is 6.66 Å². The van der Waals surface area contributed by atoms with Crippen LogP contribution in [-0.2, 0) is 0 Å². The van der Waals surface area contributed by atoms with Gasteiger partial charge in [0.2, 0.25) is 0 Å². The van der Waals surface area contributed by atoms with Crippen molar-refractivity contribution in [3.05, 3.63) is 0 Å². The van der Waals surface area contributed by atoms with Crippen molar-refractivity contribution in [2.45, 2.75) is 25.9 Å². The Hall–Kier alpha value is 0.975. The number of hydrogen-bond acceptors (Lipinski definition) is 0. The van der Waals surface area contributed by atoms with Gasteiger partial charge in [-0.25, -0.2) is 0 Å². The van der Waals surface area contributed by atoms with Crippen LogP contribution < -0.4 is 0 Å². The summed E-state index contributed by atoms with van der Waals surface area (Å²) in [5, 5.41) is 0.481. The minimum absolute atomic E-state index is 0. The van der Waals surface area contributed by atoms with E-state index >= 15 is 0 Å². The van der Waals surface area contributed by atoms with Gasteiger partial charge >= 0.3 is 0 Å². The largest absolute Gasteiger partial charge is 0.0602 e. The molecule has 0 aromatic rings. The van der Waals surface area contributed by atoms with Gasteiger partial charge in [-0.15, -0.1) is 0 Å². The Labute approximate surface area is 63.5 Å². The van der Waals surface area contributed by atoms with Gasteiger partial charge in [0, 0.05) is 8.41 Å². The Morgan fingerprint density at radius 1 is 1.25 bits per heavy atom. The van der Waals surface area contributed by atoms with E-state index in [0.29, 0.717) is 5.16 Å². The maximum absolute atomic E-state index is 3.56. The van der Waals surface area contributed by atoms with Gasteiger partial charge in [-0.2, -0.15) is 0 Å². The van der Waals surface area contributed by atoms with Crippen molar-refractivity contribution in [1.82, 2.24) is 0 Å². The van der Waals surface area contributed by atoms with Crippen LogP contribution in [0.25, 0.3) is 0 Å². The lowest BCUT2D eigenvalue weighted by Crippen LogP contribution is -2.06. The van der Waals surface area contributed by atoms with Gasteiger partial charge in [-0.3, -0.25) is 0 Å². The molecule has 0 fully saturated rings. The molecular weight excluding hydrogens is 182 g/mol. The van der Waals surface area contributed by atoms with E-state index in [0.717, 1.165) is 0 Å². The standard InChI is InChI=1S/C5H12BrP.B/c1-5(2,3)7(4)6;/h1-4H3;/t7-;/m1./s1. The molecular formula is C5H12BBrP. The summed E-state index contributed by atoms with van der Waals surface area (Å²) in [7, 11) is 0. The predicted molar refractivity (Wildman–Crippen MR) is 47.3 cm³/mol. The molecule has 0 rings (SSSR count). The highest BCUT2D eigenvalue weighted by Gasteiger charge is 2.15. The zero-order valence-electron chi connectivity index (χ0n) is 5.90. The fourth-order valence-corrected chi connectivity index (χ4v) is 0. The molecule has 0 heterocycles. The molecule has 3 heteroatoms. The average Bonchev–Trinajstić information content (AvgIpc) is 1.31. The second-order valence-electron chi connectivity index (χ2n) is 2.65. The van der Waals surface area contributed by atoms with Crippen LogP contribution in [0.4, 0.5) is 0 Å². The summed E-state index contributed by atoms with van der Waals surface area (Å²) in [5.74, 6) is 0. The zero-order valence-corrected chi connectivity index (χ0v) is 8.38. The smallest absolute Gasteiger partial charge is 0 e. The summed E-state index contributed by atoms with van der Waals surface area (Å²) in [5.41, 5.74) is 0. The third-order valence-corrected chi connectivity index (χ3v) is 5.96. The zero-order chi connectivity index (χ0) is 6.08. The molecule has 0 aromatic heterocycles. The molecule has 0 amide bonds. The van der Waals surface area contributed by atoms with Crippen LogP contribution in [0, 0.1) is 0 Å². The molecule has 0 unspecified atom stereocenters. The van der Waals surface area contributed by atoms with Gasteiger partial charge in [0.1, 0.15) is 0 Å². The third-order valence-electron chi connectivity index (χ3n) is 0.924. The molecule has 0 aliphatic heterocycles. The van der Waals surface area contributed by atoms with Crippen molar-refractivity contribution < 1.29 is 0 Å². The highest BCUT2D eigenvalue weighted by Crippen LogP contribution is 2.52. The Morgan fingerprint density at radius 3 is 1.38 bits per heavy atom. The lowest BCUT2D eigenvalue weighted by Gasteiger charge is -2.20. The first kappa shape index (κ1) is 11.7. The van der Waals surface area contributed by atoms with E-state index in [-0.39, 0.29) is 15.0 Å². The van der Waals surface area contributed by atoms with Gasteiger partial charge in [0.15, 0.2) is 0 Å². The van der Waals surface area contributed by atoms with E-state index in [9.17, 15) is 0 Å². The summed E-state index contributed by atoms with van der Waals surface area (Å²) < 4.78 is 0. The Bertz CT molecular complexity index is 57.9. The van der Waals surface area contributed by atoms with Crippen molar-refractivity contribution in [3.63, 3.8) is 0 Å². The lowest BCUT2D eigenvalue weighted by atomic mass is 10.3. The van der Waals surface area contributed by atoms with Crippen molar-refractivity contribution in [1.29, 1.82) is 0 Å². The molecule has 0 saturated heterocycles. The fraction of sp³-hybridized carbons (Fsp3) is 1.00. The van der Waals surface area contributed by atoms with E-state index in [1.165, 1.54) is 0 Å². The van der Waals surface area contributed by atoms with Crippen LogP contribution in [-0.4, -0.2) is 20.2 Å². The van der Waals surface area contributed by atoms with Crippen LogP contribution in [0.3, 0.4) is 0 Å². The van der Waals surface area contributed by atoms with E-state index in [4.69, 9.17) is 0 Å². The molecule has 1 atom stereocenters. The maximum Gasteiger partial charge on any atom is 0 e. The Balaban J connectivity index is 0. The molecule has 0 aromatic carbocycles. The molecule has 0 spiro atoms. The minimum atomic E-state index is 0. The summed E-state index contributed by atoms with van der Waals surface area (Å²) in [6.45, 7) is 9.03. The first-order chi connectivity index (χ1) is 2.94. The molecule has 0 bridgehead atoms. The minimum Gasteiger partial charge on any atom is -0.0602 e. The molecule has 0 aliphatic carbocycles. The summed E-state index contributed by atoms with van der Waals surface area (Å²) in [6.07, 6.45) is 0. The maximum atomic E-state index is 3.56. The summed E-state index contributed by atoms with van der Waals surface area (Å²) in [6, 6.07) is 0. The highest BCUT2D eigenvalue weighted by atomic mass is 79.9. The van der Waals surface area contributed by atoms with Crippen molar-refractivity contribution in [3.8, 4) is 0 Å². The summed E-state index contributed by atoms with van der Waals surface area (Å²) in [4.78, 5) is 0. The summed E-state index contributed by atoms with van der Waals surface area (Å²) >= 11 is 3.56. The van der Waals surface area contributed by atoms with Gasteiger partial charge in [-0.1, -0.05) is 36.3 Å². The second kappa shape index (κ2) is 3.90. The van der Waals surface area contributed by atoms with Gasteiger partial charge in [-0.05, 0) is 18.4 Å². The van der Waals surface area contributed by atoms with Gasteiger partial charge in [0.25, 0.3) is 0 Å². The third kappa shape index (κ3) is 5.12. The van der Waals surface area contributed by atoms with Crippen LogP contribution in [0.5, 0.6) is 0 Å². The van der Waals surface area contributed by atoms with Crippen LogP contribution in [0.15, 0.2) is 0 Å². The van der Waals surface area contributed by atoms with Crippen LogP contribution in [0.2, 0.25) is 0 Å². The van der Waals surface area contributed by atoms with E-state index in [2.05, 4.69) is 42.9 Å². The van der Waals surface area contributed by atoms with Gasteiger partial charge in [0.05, 0.1) is 0 Å². The predicted octanol–water partition coefficient (Wildman–Crippen LogP) is 2.83. The Kier molecular flexibility index (Phi) is 5.72. The monoisotopic (exact) mass is 193 g/mol. The highest BCUT2D eigenvalue weighted by molar-refractivity contribution is 9.39. The van der Waals surface area contributed by atoms with Gasteiger partial charge < -0.3 is 0 Å². The van der Waals surface area contributed by atoms with E-state index < -0.39 is 0 Å². The van der Waals surface area contributed by atoms with E-state index in [1.807, 2.05) is 0 Å². The number of halogens is 1. The topological polar surface area (TPSA) is 0 Å². The first-order valence-corrected chi connectivity index (χ1v) is 6.15. The molecule has 47 valence electrons. The number of hydrogen-bond donors (Lipinski definition) is 0. The molecule has 0 aliphatic rings. The van der Waals surface area contributed by atoms with Crippen LogP contribution in [0.1, 0.15) is 20.8 Å². The van der Waals surface area contributed by atoms with E-state index in [1.54, 1.807) is 0 Å². The molecule has 8 heavy (non-hydrogen) atoms. The molecule has 3 radical (unpaired) electrons. The number of rotatable bonds is 0.